The second-order valence-corrected chi connectivity index (χ2v) is 6.32. The fraction of sp³-hybridized carbons (Fsp3) is 0.0909. The maximum absolute atomic E-state index is 12.6. The van der Waals surface area contributed by atoms with Crippen LogP contribution in [-0.4, -0.2) is 22.5 Å². The molecule has 3 aromatic carbocycles. The first-order valence-electron chi connectivity index (χ1n) is 8.65. The van der Waals surface area contributed by atoms with E-state index in [0.717, 1.165) is 43.7 Å². The van der Waals surface area contributed by atoms with Crippen LogP contribution in [0, 0.1) is 0 Å². The molecule has 26 heavy (non-hydrogen) atoms. The van der Waals surface area contributed by atoms with Crippen molar-refractivity contribution in [2.75, 3.05) is 6.61 Å². The lowest BCUT2D eigenvalue weighted by atomic mass is 9.96. The molecule has 3 aromatic rings. The molecule has 2 aliphatic rings. The van der Waals surface area contributed by atoms with Gasteiger partial charge in [-0.2, -0.15) is 0 Å². The van der Waals surface area contributed by atoms with Crippen LogP contribution in [0.5, 0.6) is 0 Å². The van der Waals surface area contributed by atoms with Crippen LogP contribution in [0.2, 0.25) is 0 Å². The minimum atomic E-state index is -0.321. The Kier molecular flexibility index (Phi) is 3.19. The van der Waals surface area contributed by atoms with Crippen molar-refractivity contribution in [3.63, 3.8) is 0 Å². The lowest BCUT2D eigenvalue weighted by molar-refractivity contribution is 0.0528. The second-order valence-electron chi connectivity index (χ2n) is 6.32. The van der Waals surface area contributed by atoms with Gasteiger partial charge in [-0.15, -0.1) is 0 Å². The molecular formula is C22H16N2O2. The number of nitrogens with zero attached hydrogens (tertiary/aromatic N) is 1. The summed E-state index contributed by atoms with van der Waals surface area (Å²) in [5.74, 6) is -0.321. The van der Waals surface area contributed by atoms with E-state index < -0.39 is 0 Å². The Morgan fingerprint density at radius 2 is 1.77 bits per heavy atom. The Morgan fingerprint density at radius 1 is 1.00 bits per heavy atom. The van der Waals surface area contributed by atoms with Gasteiger partial charge in [0, 0.05) is 21.9 Å². The van der Waals surface area contributed by atoms with E-state index in [1.807, 2.05) is 25.1 Å². The molecule has 0 amide bonds. The number of rotatable bonds is 2. The molecule has 0 saturated carbocycles. The predicted octanol–water partition coefficient (Wildman–Crippen LogP) is 5.15. The van der Waals surface area contributed by atoms with Gasteiger partial charge in [-0.05, 0) is 41.3 Å². The molecule has 1 heterocycles. The van der Waals surface area contributed by atoms with Crippen molar-refractivity contribution in [3.8, 4) is 11.3 Å². The number of nitrogens with one attached hydrogen (secondary N) is 1. The largest absolute Gasteiger partial charge is 0.462 e. The van der Waals surface area contributed by atoms with E-state index in [1.54, 1.807) is 6.33 Å². The maximum Gasteiger partial charge on any atom is 0.338 e. The van der Waals surface area contributed by atoms with Crippen molar-refractivity contribution in [3.05, 3.63) is 66.5 Å². The monoisotopic (exact) mass is 340 g/mol. The molecule has 1 aliphatic carbocycles. The number of fused-ring (bicyclic) bond motifs is 2. The molecule has 0 bridgehead atoms. The minimum absolute atomic E-state index is 0.321. The van der Waals surface area contributed by atoms with Gasteiger partial charge in [0.1, 0.15) is 0 Å². The molecule has 0 saturated heterocycles. The summed E-state index contributed by atoms with van der Waals surface area (Å²) < 4.78 is 5.29. The molecule has 0 radical (unpaired) electrons. The quantitative estimate of drug-likeness (QED) is 0.357. The van der Waals surface area contributed by atoms with E-state index in [9.17, 15) is 4.79 Å². The van der Waals surface area contributed by atoms with E-state index in [0.29, 0.717) is 12.2 Å². The van der Waals surface area contributed by atoms with E-state index in [2.05, 4.69) is 46.4 Å². The number of benzene rings is 3. The highest BCUT2D eigenvalue weighted by Crippen LogP contribution is 2.40. The summed E-state index contributed by atoms with van der Waals surface area (Å²) in [6.07, 6.45) is 1.68. The normalized spacial score (nSPS) is 11.6. The van der Waals surface area contributed by atoms with Gasteiger partial charge in [-0.1, -0.05) is 36.4 Å². The molecule has 126 valence electrons. The third-order valence-corrected chi connectivity index (χ3v) is 4.87. The molecule has 0 aromatic heterocycles. The van der Waals surface area contributed by atoms with Crippen LogP contribution in [0.4, 0.5) is 0 Å². The summed E-state index contributed by atoms with van der Waals surface area (Å²) in [5.41, 5.74) is 3.39. The smallest absolute Gasteiger partial charge is 0.338 e. The predicted molar refractivity (Wildman–Crippen MR) is 104 cm³/mol. The Bertz CT molecular complexity index is 1270. The lowest BCUT2D eigenvalue weighted by Crippen LogP contribution is -2.06. The third-order valence-electron chi connectivity index (χ3n) is 4.87. The standard InChI is InChI=1S/C22H16N2O2/c1-2-26-22(25)16-8-4-7-15-11-14-6-3-5-13-9-10-17-20(18(13)14)21(19(15)16)24-12-23-17/h3-12H,2H2,1H3,(H,23,24). The summed E-state index contributed by atoms with van der Waals surface area (Å²) in [6, 6.07) is 18.3. The zero-order valence-corrected chi connectivity index (χ0v) is 14.2. The number of hydrogen-bond donors (Lipinski definition) is 1. The number of carbonyl (C=O) groups is 1. The molecule has 1 aliphatic heterocycles. The van der Waals surface area contributed by atoms with Crippen LogP contribution in [0.25, 0.3) is 43.7 Å². The van der Waals surface area contributed by atoms with Crippen LogP contribution in [0.1, 0.15) is 17.3 Å². The number of carbonyl (C=O) groups excluding carboxylic acids is 1. The number of aromatic nitrogens is 2. The van der Waals surface area contributed by atoms with Gasteiger partial charge < -0.3 is 9.72 Å². The van der Waals surface area contributed by atoms with Crippen LogP contribution >= 0.6 is 0 Å². The highest BCUT2D eigenvalue weighted by molar-refractivity contribution is 6.21. The molecular weight excluding hydrogens is 324 g/mol. The van der Waals surface area contributed by atoms with Crippen molar-refractivity contribution >= 4 is 38.4 Å². The van der Waals surface area contributed by atoms with Crippen molar-refractivity contribution in [1.82, 2.24) is 9.97 Å². The Hall–Kier alpha value is -3.40. The number of aromatic amines is 1. The first kappa shape index (κ1) is 14.9. The summed E-state index contributed by atoms with van der Waals surface area (Å²) in [7, 11) is 0. The number of H-pyrrole nitrogens is 1. The maximum atomic E-state index is 12.6. The van der Waals surface area contributed by atoms with E-state index >= 15 is 0 Å². The zero-order valence-electron chi connectivity index (χ0n) is 14.2. The first-order chi connectivity index (χ1) is 12.8. The topological polar surface area (TPSA) is 55.0 Å². The van der Waals surface area contributed by atoms with Gasteiger partial charge in [-0.3, -0.25) is 0 Å². The third kappa shape index (κ3) is 2.02. The summed E-state index contributed by atoms with van der Waals surface area (Å²) in [6.45, 7) is 2.16. The summed E-state index contributed by atoms with van der Waals surface area (Å²) >= 11 is 0. The van der Waals surface area contributed by atoms with E-state index in [-0.39, 0.29) is 5.97 Å². The molecule has 4 heteroatoms. The van der Waals surface area contributed by atoms with Gasteiger partial charge >= 0.3 is 5.97 Å². The molecule has 1 N–H and O–H groups in total. The van der Waals surface area contributed by atoms with Gasteiger partial charge in [0.15, 0.2) is 0 Å². The Morgan fingerprint density at radius 3 is 2.62 bits per heavy atom. The van der Waals surface area contributed by atoms with Crippen LogP contribution < -0.4 is 0 Å². The fourth-order valence-electron chi connectivity index (χ4n) is 3.82. The SMILES string of the molecule is CCOC(=O)c1cccc2cc3cccc4ccc5[nH]cnc(c12)-c5c43. The van der Waals surface area contributed by atoms with Gasteiger partial charge in [0.25, 0.3) is 0 Å². The molecule has 0 fully saturated rings. The van der Waals surface area contributed by atoms with Gasteiger partial charge in [0.05, 0.1) is 24.2 Å². The van der Waals surface area contributed by atoms with Gasteiger partial charge in [0.2, 0.25) is 0 Å². The fourth-order valence-corrected chi connectivity index (χ4v) is 3.82. The average Bonchev–Trinajstić information content (AvgIpc) is 2.82. The van der Waals surface area contributed by atoms with E-state index in [4.69, 9.17) is 4.74 Å². The van der Waals surface area contributed by atoms with Crippen molar-refractivity contribution < 1.29 is 9.53 Å². The van der Waals surface area contributed by atoms with Crippen LogP contribution in [0.3, 0.4) is 0 Å². The second kappa shape index (κ2) is 5.56. The van der Waals surface area contributed by atoms with Crippen molar-refractivity contribution in [2.45, 2.75) is 6.92 Å². The van der Waals surface area contributed by atoms with Gasteiger partial charge in [-0.25, -0.2) is 9.78 Å². The minimum Gasteiger partial charge on any atom is -0.462 e. The van der Waals surface area contributed by atoms with Crippen molar-refractivity contribution in [2.24, 2.45) is 0 Å². The molecule has 4 nitrogen and oxygen atoms in total. The Labute approximate surface area is 149 Å². The molecule has 0 spiro atoms. The van der Waals surface area contributed by atoms with Crippen molar-refractivity contribution in [1.29, 1.82) is 0 Å². The zero-order chi connectivity index (χ0) is 17.7. The highest BCUT2D eigenvalue weighted by Gasteiger charge is 2.20. The number of ether oxygens (including phenoxy) is 1. The lowest BCUT2D eigenvalue weighted by Gasteiger charge is -2.12. The molecule has 0 unspecified atom stereocenters. The highest BCUT2D eigenvalue weighted by atomic mass is 16.5. The summed E-state index contributed by atoms with van der Waals surface area (Å²) in [5, 5.41) is 5.22. The van der Waals surface area contributed by atoms with Crippen LogP contribution in [0.15, 0.2) is 60.9 Å². The molecule has 0 atom stereocenters. The van der Waals surface area contributed by atoms with Crippen LogP contribution in [-0.2, 0) is 4.74 Å². The molecule has 5 rings (SSSR count). The number of esters is 1. The van der Waals surface area contributed by atoms with E-state index in [1.165, 1.54) is 0 Å². The Balaban J connectivity index is 2.06. The average molecular weight is 340 g/mol. The first-order valence-corrected chi connectivity index (χ1v) is 8.65. The summed E-state index contributed by atoms with van der Waals surface area (Å²) in [4.78, 5) is 20.5. The number of hydrogen-bond acceptors (Lipinski definition) is 3.